The van der Waals surface area contributed by atoms with Crippen molar-refractivity contribution in [3.63, 3.8) is 0 Å². The van der Waals surface area contributed by atoms with Crippen LogP contribution in [0.4, 0.5) is 5.13 Å². The molecule has 2 heterocycles. The Morgan fingerprint density at radius 3 is 2.28 bits per heavy atom. The molecule has 0 unspecified atom stereocenters. The molecule has 2 aromatic rings. The maximum atomic E-state index is 12.9. The van der Waals surface area contributed by atoms with Gasteiger partial charge >= 0.3 is 0 Å². The first-order chi connectivity index (χ1) is 12.0. The molecule has 3 rings (SSSR count). The fraction of sp³-hybridized carbons (Fsp3) is 0.467. The molecule has 0 spiro atoms. The zero-order chi connectivity index (χ0) is 18.0. The zero-order valence-corrected chi connectivity index (χ0v) is 15.9. The molecule has 1 saturated heterocycles. The van der Waals surface area contributed by atoms with E-state index in [0.29, 0.717) is 37.7 Å². The number of anilines is 1. The molecular formula is C15H20N4O4S2. The van der Waals surface area contributed by atoms with Gasteiger partial charge in [0.2, 0.25) is 15.2 Å². The van der Waals surface area contributed by atoms with Gasteiger partial charge in [-0.2, -0.15) is 4.31 Å². The highest BCUT2D eigenvalue weighted by Gasteiger charge is 2.30. The summed E-state index contributed by atoms with van der Waals surface area (Å²) in [6, 6.07) is 4.64. The van der Waals surface area contributed by atoms with Crippen LogP contribution < -0.4 is 14.4 Å². The van der Waals surface area contributed by atoms with Gasteiger partial charge in [0.05, 0.1) is 19.1 Å². The first kappa shape index (κ1) is 17.9. The summed E-state index contributed by atoms with van der Waals surface area (Å²) in [7, 11) is -0.584. The number of piperazine rings is 1. The van der Waals surface area contributed by atoms with E-state index < -0.39 is 10.0 Å². The van der Waals surface area contributed by atoms with E-state index in [9.17, 15) is 8.42 Å². The number of aryl methyl sites for hydroxylation is 1. The van der Waals surface area contributed by atoms with Crippen molar-refractivity contribution >= 4 is 26.5 Å². The van der Waals surface area contributed by atoms with E-state index in [2.05, 4.69) is 15.1 Å². The Morgan fingerprint density at radius 1 is 1.04 bits per heavy atom. The lowest BCUT2D eigenvalue weighted by atomic mass is 10.3. The van der Waals surface area contributed by atoms with E-state index in [0.717, 1.165) is 10.1 Å². The Labute approximate surface area is 151 Å². The number of hydrogen-bond acceptors (Lipinski definition) is 8. The maximum Gasteiger partial charge on any atom is 0.243 e. The fourth-order valence-corrected chi connectivity index (χ4v) is 4.84. The van der Waals surface area contributed by atoms with E-state index >= 15 is 0 Å². The Hall–Kier alpha value is -1.91. The van der Waals surface area contributed by atoms with Gasteiger partial charge in [0.25, 0.3) is 0 Å². The molecule has 8 nitrogen and oxygen atoms in total. The van der Waals surface area contributed by atoms with Crippen molar-refractivity contribution in [3.05, 3.63) is 23.2 Å². The minimum Gasteiger partial charge on any atom is -0.493 e. The molecule has 0 amide bonds. The van der Waals surface area contributed by atoms with Crippen LogP contribution in [0.3, 0.4) is 0 Å². The minimum atomic E-state index is -3.58. The van der Waals surface area contributed by atoms with Crippen LogP contribution in [0.15, 0.2) is 23.1 Å². The summed E-state index contributed by atoms with van der Waals surface area (Å²) in [5, 5.41) is 9.87. The quantitative estimate of drug-likeness (QED) is 0.770. The Kier molecular flexibility index (Phi) is 5.11. The van der Waals surface area contributed by atoms with Crippen molar-refractivity contribution in [3.8, 4) is 11.5 Å². The lowest BCUT2D eigenvalue weighted by Crippen LogP contribution is -2.48. The van der Waals surface area contributed by atoms with Gasteiger partial charge in [0, 0.05) is 32.2 Å². The first-order valence-corrected chi connectivity index (χ1v) is 9.98. The van der Waals surface area contributed by atoms with Crippen molar-refractivity contribution < 1.29 is 17.9 Å². The Morgan fingerprint density at radius 2 is 1.72 bits per heavy atom. The molecule has 1 aromatic heterocycles. The average Bonchev–Trinajstić information content (AvgIpc) is 3.07. The summed E-state index contributed by atoms with van der Waals surface area (Å²) in [6.07, 6.45) is 0. The second kappa shape index (κ2) is 7.14. The normalized spacial score (nSPS) is 16.0. The topological polar surface area (TPSA) is 84.9 Å². The van der Waals surface area contributed by atoms with Gasteiger partial charge < -0.3 is 14.4 Å². The Bertz CT molecular complexity index is 845. The first-order valence-electron chi connectivity index (χ1n) is 7.73. The van der Waals surface area contributed by atoms with Gasteiger partial charge in [-0.15, -0.1) is 10.2 Å². The molecule has 1 aliphatic rings. The van der Waals surface area contributed by atoms with Gasteiger partial charge in [-0.3, -0.25) is 0 Å². The minimum absolute atomic E-state index is 0.199. The van der Waals surface area contributed by atoms with Crippen LogP contribution in [-0.2, 0) is 10.0 Å². The largest absolute Gasteiger partial charge is 0.493 e. The van der Waals surface area contributed by atoms with Gasteiger partial charge in [-0.1, -0.05) is 11.3 Å². The number of sulfonamides is 1. The molecule has 1 aromatic carbocycles. The third-order valence-corrected chi connectivity index (χ3v) is 6.81. The molecule has 10 heteroatoms. The number of methoxy groups -OCH3 is 2. The van der Waals surface area contributed by atoms with E-state index in [4.69, 9.17) is 9.47 Å². The predicted molar refractivity (Wildman–Crippen MR) is 95.2 cm³/mol. The van der Waals surface area contributed by atoms with E-state index in [1.165, 1.54) is 42.0 Å². The van der Waals surface area contributed by atoms with Crippen molar-refractivity contribution in [2.75, 3.05) is 45.3 Å². The molecule has 0 N–H and O–H groups in total. The Balaban J connectivity index is 1.75. The van der Waals surface area contributed by atoms with Crippen molar-refractivity contribution in [2.24, 2.45) is 0 Å². The molecule has 25 heavy (non-hydrogen) atoms. The van der Waals surface area contributed by atoms with Gasteiger partial charge in [0.1, 0.15) is 5.01 Å². The van der Waals surface area contributed by atoms with Gasteiger partial charge in [-0.05, 0) is 19.1 Å². The SMILES string of the molecule is COc1ccc(S(=O)(=O)N2CCN(c3nnc(C)s3)CC2)cc1OC. The van der Waals surface area contributed by atoms with Crippen LogP contribution in [0.1, 0.15) is 5.01 Å². The monoisotopic (exact) mass is 384 g/mol. The van der Waals surface area contributed by atoms with Crippen LogP contribution in [0.25, 0.3) is 0 Å². The van der Waals surface area contributed by atoms with E-state index in [1.54, 1.807) is 6.07 Å². The van der Waals surface area contributed by atoms with Crippen LogP contribution in [-0.4, -0.2) is 63.3 Å². The lowest BCUT2D eigenvalue weighted by Gasteiger charge is -2.33. The van der Waals surface area contributed by atoms with Crippen molar-refractivity contribution in [1.82, 2.24) is 14.5 Å². The number of nitrogens with zero attached hydrogens (tertiary/aromatic N) is 4. The molecular weight excluding hydrogens is 364 g/mol. The van der Waals surface area contributed by atoms with Crippen molar-refractivity contribution in [1.29, 1.82) is 0 Å². The molecule has 0 saturated carbocycles. The summed E-state index contributed by atoms with van der Waals surface area (Å²) in [6.45, 7) is 3.87. The summed E-state index contributed by atoms with van der Waals surface area (Å²) in [4.78, 5) is 2.26. The second-order valence-electron chi connectivity index (χ2n) is 5.51. The predicted octanol–water partition coefficient (Wildman–Crippen LogP) is 1.37. The summed E-state index contributed by atoms with van der Waals surface area (Å²) >= 11 is 1.51. The third-order valence-electron chi connectivity index (χ3n) is 4.02. The highest BCUT2D eigenvalue weighted by Crippen LogP contribution is 2.31. The number of aromatic nitrogens is 2. The number of rotatable bonds is 5. The highest BCUT2D eigenvalue weighted by molar-refractivity contribution is 7.89. The van der Waals surface area contributed by atoms with E-state index in [1.807, 2.05) is 6.92 Å². The van der Waals surface area contributed by atoms with Crippen LogP contribution in [0.2, 0.25) is 0 Å². The number of benzene rings is 1. The summed E-state index contributed by atoms with van der Waals surface area (Å²) in [5.41, 5.74) is 0. The lowest BCUT2D eigenvalue weighted by molar-refractivity contribution is 0.353. The molecule has 136 valence electrons. The van der Waals surface area contributed by atoms with Crippen LogP contribution in [0, 0.1) is 6.92 Å². The van der Waals surface area contributed by atoms with Crippen LogP contribution >= 0.6 is 11.3 Å². The van der Waals surface area contributed by atoms with Crippen molar-refractivity contribution in [2.45, 2.75) is 11.8 Å². The second-order valence-corrected chi connectivity index (χ2v) is 8.61. The summed E-state index contributed by atoms with van der Waals surface area (Å²) in [5.74, 6) is 0.893. The molecule has 0 radical (unpaired) electrons. The molecule has 1 aliphatic heterocycles. The number of hydrogen-bond donors (Lipinski definition) is 0. The zero-order valence-electron chi connectivity index (χ0n) is 14.3. The molecule has 0 atom stereocenters. The highest BCUT2D eigenvalue weighted by atomic mass is 32.2. The molecule has 1 fully saturated rings. The van der Waals surface area contributed by atoms with Crippen LogP contribution in [0.5, 0.6) is 11.5 Å². The number of ether oxygens (including phenoxy) is 2. The van der Waals surface area contributed by atoms with Gasteiger partial charge in [0.15, 0.2) is 11.5 Å². The fourth-order valence-electron chi connectivity index (χ4n) is 2.66. The van der Waals surface area contributed by atoms with E-state index in [-0.39, 0.29) is 4.90 Å². The smallest absolute Gasteiger partial charge is 0.243 e. The summed E-state index contributed by atoms with van der Waals surface area (Å²) < 4.78 is 37.6. The maximum absolute atomic E-state index is 12.9. The van der Waals surface area contributed by atoms with Gasteiger partial charge in [-0.25, -0.2) is 8.42 Å². The third kappa shape index (κ3) is 3.55. The average molecular weight is 384 g/mol. The molecule has 0 bridgehead atoms. The molecule has 0 aliphatic carbocycles. The standard InChI is InChI=1S/C15H20N4O4S2/c1-11-16-17-15(24-11)18-6-8-19(9-7-18)25(20,21)12-4-5-13(22-2)14(10-12)23-3/h4-5,10H,6-9H2,1-3H3.